The van der Waals surface area contributed by atoms with E-state index in [1.807, 2.05) is 6.92 Å². The zero-order chi connectivity index (χ0) is 22.1. The SMILES string of the molecule is CCCCOC(=O)[C@@H]1C[C@H](C[C@H](NC(=O)c2ccccc2)C(=O)OC)OC(C)(C)O1. The first-order valence-corrected chi connectivity index (χ1v) is 10.2. The van der Waals surface area contributed by atoms with Gasteiger partial charge in [0, 0.05) is 18.4 Å². The van der Waals surface area contributed by atoms with Gasteiger partial charge in [0.05, 0.1) is 19.8 Å². The number of hydrogen-bond acceptors (Lipinski definition) is 7. The number of rotatable bonds is 9. The van der Waals surface area contributed by atoms with Crippen molar-refractivity contribution in [1.82, 2.24) is 5.32 Å². The van der Waals surface area contributed by atoms with Crippen molar-refractivity contribution in [2.75, 3.05) is 13.7 Å². The van der Waals surface area contributed by atoms with Crippen molar-refractivity contribution in [3.63, 3.8) is 0 Å². The third kappa shape index (κ3) is 7.11. The van der Waals surface area contributed by atoms with Crippen LogP contribution in [0.25, 0.3) is 0 Å². The summed E-state index contributed by atoms with van der Waals surface area (Å²) < 4.78 is 21.7. The molecule has 1 heterocycles. The lowest BCUT2D eigenvalue weighted by Crippen LogP contribution is -2.51. The molecule has 1 fully saturated rings. The van der Waals surface area contributed by atoms with Crippen LogP contribution < -0.4 is 5.32 Å². The van der Waals surface area contributed by atoms with Crippen molar-refractivity contribution in [1.29, 1.82) is 0 Å². The van der Waals surface area contributed by atoms with Crippen LogP contribution in [-0.4, -0.2) is 55.6 Å². The highest BCUT2D eigenvalue weighted by Gasteiger charge is 2.41. The van der Waals surface area contributed by atoms with Gasteiger partial charge >= 0.3 is 11.9 Å². The molecule has 0 bridgehead atoms. The second-order valence-electron chi connectivity index (χ2n) is 7.65. The Balaban J connectivity index is 2.06. The zero-order valence-electron chi connectivity index (χ0n) is 18.0. The predicted molar refractivity (Wildman–Crippen MR) is 109 cm³/mol. The normalized spacial score (nSPS) is 21.3. The molecule has 0 unspecified atom stereocenters. The molecular formula is C22H31NO7. The Morgan fingerprint density at radius 2 is 1.90 bits per heavy atom. The molecule has 8 nitrogen and oxygen atoms in total. The summed E-state index contributed by atoms with van der Waals surface area (Å²) in [7, 11) is 1.26. The summed E-state index contributed by atoms with van der Waals surface area (Å²) in [4.78, 5) is 37.2. The van der Waals surface area contributed by atoms with Gasteiger partial charge in [-0.05, 0) is 32.4 Å². The fourth-order valence-electron chi connectivity index (χ4n) is 3.26. The van der Waals surface area contributed by atoms with E-state index in [0.717, 1.165) is 12.8 Å². The van der Waals surface area contributed by atoms with Crippen LogP contribution in [-0.2, 0) is 28.5 Å². The highest BCUT2D eigenvalue weighted by Crippen LogP contribution is 2.30. The van der Waals surface area contributed by atoms with E-state index in [-0.39, 0.29) is 12.8 Å². The summed E-state index contributed by atoms with van der Waals surface area (Å²) >= 11 is 0. The molecule has 1 N–H and O–H groups in total. The summed E-state index contributed by atoms with van der Waals surface area (Å²) in [5, 5.41) is 2.69. The molecule has 1 aliphatic rings. The average molecular weight is 421 g/mol. The number of hydrogen-bond donors (Lipinski definition) is 1. The van der Waals surface area contributed by atoms with Gasteiger partial charge in [0.2, 0.25) is 0 Å². The van der Waals surface area contributed by atoms with E-state index >= 15 is 0 Å². The van der Waals surface area contributed by atoms with Gasteiger partial charge in [-0.3, -0.25) is 4.79 Å². The molecule has 0 spiro atoms. The van der Waals surface area contributed by atoms with Gasteiger partial charge in [0.25, 0.3) is 5.91 Å². The Bertz CT molecular complexity index is 719. The van der Waals surface area contributed by atoms with Crippen molar-refractivity contribution >= 4 is 17.8 Å². The number of amides is 1. The van der Waals surface area contributed by atoms with Crippen LogP contribution in [0.4, 0.5) is 0 Å². The standard InChI is InChI=1S/C22H31NO7/c1-5-6-12-28-21(26)18-14-16(29-22(2,3)30-18)13-17(20(25)27-4)23-19(24)15-10-8-7-9-11-15/h7-11,16-18H,5-6,12-14H2,1-4H3,(H,23,24)/t16-,17-,18-/m0/s1. The molecule has 8 heteroatoms. The number of methoxy groups -OCH3 is 1. The Morgan fingerprint density at radius 3 is 2.53 bits per heavy atom. The minimum Gasteiger partial charge on any atom is -0.467 e. The monoisotopic (exact) mass is 421 g/mol. The quantitative estimate of drug-likeness (QED) is 0.483. The maximum Gasteiger partial charge on any atom is 0.335 e. The largest absolute Gasteiger partial charge is 0.467 e. The first-order valence-electron chi connectivity index (χ1n) is 10.2. The number of ether oxygens (including phenoxy) is 4. The molecular weight excluding hydrogens is 390 g/mol. The topological polar surface area (TPSA) is 100 Å². The first kappa shape index (κ1) is 23.8. The molecule has 1 saturated heterocycles. The molecule has 0 radical (unpaired) electrons. The van der Waals surface area contributed by atoms with Gasteiger partial charge in [0.15, 0.2) is 11.9 Å². The summed E-state index contributed by atoms with van der Waals surface area (Å²) in [5.41, 5.74) is 0.428. The minimum absolute atomic E-state index is 0.136. The van der Waals surface area contributed by atoms with Crippen LogP contribution in [0.15, 0.2) is 30.3 Å². The van der Waals surface area contributed by atoms with Crippen LogP contribution in [0.1, 0.15) is 56.8 Å². The Labute approximate surface area is 177 Å². The lowest BCUT2D eigenvalue weighted by Gasteiger charge is -2.40. The lowest BCUT2D eigenvalue weighted by atomic mass is 10.0. The average Bonchev–Trinajstić information content (AvgIpc) is 2.72. The highest BCUT2D eigenvalue weighted by molar-refractivity contribution is 5.96. The third-order valence-corrected chi connectivity index (χ3v) is 4.68. The summed E-state index contributed by atoms with van der Waals surface area (Å²) in [5.74, 6) is -2.48. The molecule has 1 aromatic rings. The minimum atomic E-state index is -1.04. The summed E-state index contributed by atoms with van der Waals surface area (Å²) in [6.45, 7) is 5.73. The number of carbonyl (C=O) groups is 3. The number of benzene rings is 1. The van der Waals surface area contributed by atoms with Crippen LogP contribution in [0.3, 0.4) is 0 Å². The van der Waals surface area contributed by atoms with Gasteiger partial charge in [-0.15, -0.1) is 0 Å². The van der Waals surface area contributed by atoms with E-state index in [1.165, 1.54) is 7.11 Å². The van der Waals surface area contributed by atoms with E-state index in [1.54, 1.807) is 44.2 Å². The number of unbranched alkanes of at least 4 members (excludes halogenated alkanes) is 1. The van der Waals surface area contributed by atoms with Crippen molar-refractivity contribution < 1.29 is 33.3 Å². The van der Waals surface area contributed by atoms with Gasteiger partial charge in [-0.25, -0.2) is 9.59 Å². The predicted octanol–water partition coefficient (Wildman–Crippen LogP) is 2.60. The Morgan fingerprint density at radius 1 is 1.20 bits per heavy atom. The second kappa shape index (κ2) is 11.1. The van der Waals surface area contributed by atoms with E-state index in [9.17, 15) is 14.4 Å². The molecule has 0 aliphatic carbocycles. The number of nitrogens with one attached hydrogen (secondary N) is 1. The van der Waals surface area contributed by atoms with Gasteiger partial charge in [0.1, 0.15) is 6.04 Å². The second-order valence-corrected chi connectivity index (χ2v) is 7.65. The molecule has 1 aliphatic heterocycles. The van der Waals surface area contributed by atoms with Crippen LogP contribution >= 0.6 is 0 Å². The van der Waals surface area contributed by atoms with E-state index < -0.39 is 41.9 Å². The van der Waals surface area contributed by atoms with E-state index in [4.69, 9.17) is 18.9 Å². The summed E-state index contributed by atoms with van der Waals surface area (Å²) in [6.07, 6.45) is 0.714. The lowest BCUT2D eigenvalue weighted by molar-refractivity contribution is -0.299. The fourth-order valence-corrected chi connectivity index (χ4v) is 3.26. The van der Waals surface area contributed by atoms with Crippen molar-refractivity contribution in [2.45, 2.75) is 70.5 Å². The summed E-state index contributed by atoms with van der Waals surface area (Å²) in [6, 6.07) is 7.65. The molecule has 30 heavy (non-hydrogen) atoms. The number of esters is 2. The van der Waals surface area contributed by atoms with Crippen molar-refractivity contribution in [3.8, 4) is 0 Å². The van der Waals surface area contributed by atoms with Crippen molar-refractivity contribution in [2.24, 2.45) is 0 Å². The van der Waals surface area contributed by atoms with Crippen LogP contribution in [0.5, 0.6) is 0 Å². The van der Waals surface area contributed by atoms with E-state index in [0.29, 0.717) is 12.2 Å². The fraction of sp³-hybridized carbons (Fsp3) is 0.591. The van der Waals surface area contributed by atoms with Gasteiger partial charge in [-0.2, -0.15) is 0 Å². The molecule has 166 valence electrons. The maximum absolute atomic E-state index is 12.5. The molecule has 1 aromatic carbocycles. The smallest absolute Gasteiger partial charge is 0.335 e. The number of carbonyl (C=O) groups excluding carboxylic acids is 3. The van der Waals surface area contributed by atoms with Crippen LogP contribution in [0.2, 0.25) is 0 Å². The first-order chi connectivity index (χ1) is 14.3. The van der Waals surface area contributed by atoms with Crippen LogP contribution in [0, 0.1) is 0 Å². The maximum atomic E-state index is 12.5. The molecule has 0 saturated carbocycles. The molecule has 0 aromatic heterocycles. The van der Waals surface area contributed by atoms with Crippen molar-refractivity contribution in [3.05, 3.63) is 35.9 Å². The molecule has 1 amide bonds. The van der Waals surface area contributed by atoms with Gasteiger partial charge in [-0.1, -0.05) is 31.5 Å². The third-order valence-electron chi connectivity index (χ3n) is 4.68. The Kier molecular flexibility index (Phi) is 8.80. The van der Waals surface area contributed by atoms with E-state index in [2.05, 4.69) is 5.32 Å². The van der Waals surface area contributed by atoms with Gasteiger partial charge < -0.3 is 24.3 Å². The highest BCUT2D eigenvalue weighted by atomic mass is 16.7. The zero-order valence-corrected chi connectivity index (χ0v) is 18.0. The molecule has 3 atom stereocenters. The molecule has 2 rings (SSSR count). The Hall–Kier alpha value is -2.45.